The molecule has 0 saturated carbocycles. The van der Waals surface area contributed by atoms with Crippen molar-refractivity contribution < 1.29 is 31.9 Å². The van der Waals surface area contributed by atoms with Crippen molar-refractivity contribution in [2.45, 2.75) is 31.5 Å². The molecule has 2 N–H and O–H groups in total. The number of carboxylic acids is 1. The molecule has 7 nitrogen and oxygen atoms in total. The van der Waals surface area contributed by atoms with E-state index in [0.29, 0.717) is 25.2 Å². The van der Waals surface area contributed by atoms with Crippen LogP contribution in [0.2, 0.25) is 0 Å². The van der Waals surface area contributed by atoms with Crippen molar-refractivity contribution in [3.63, 3.8) is 0 Å². The van der Waals surface area contributed by atoms with Gasteiger partial charge in [-0.2, -0.15) is 13.2 Å². The van der Waals surface area contributed by atoms with Gasteiger partial charge in [0.15, 0.2) is 6.04 Å². The maximum absolute atomic E-state index is 14.5. The van der Waals surface area contributed by atoms with E-state index in [-0.39, 0.29) is 16.9 Å². The first-order chi connectivity index (χ1) is 16.5. The van der Waals surface area contributed by atoms with Crippen molar-refractivity contribution >= 4 is 28.5 Å². The molecule has 1 unspecified atom stereocenters. The summed E-state index contributed by atoms with van der Waals surface area (Å²) < 4.78 is 72.0. The third kappa shape index (κ3) is 4.77. The van der Waals surface area contributed by atoms with Crippen LogP contribution in [-0.4, -0.2) is 39.9 Å². The molecule has 2 aromatic carbocycles. The lowest BCUT2D eigenvalue weighted by Crippen LogP contribution is -2.36. The Hall–Kier alpha value is -3.70. The molecule has 2 heterocycles. The number of hydrogen-bond acceptors (Lipinski definition) is 5. The van der Waals surface area contributed by atoms with Gasteiger partial charge < -0.3 is 15.3 Å². The second kappa shape index (κ2) is 9.16. The fraction of sp³-hybridized carbons (Fsp3) is 0.348. The van der Waals surface area contributed by atoms with E-state index in [9.17, 15) is 36.6 Å². The van der Waals surface area contributed by atoms with Crippen LogP contribution in [0, 0.1) is 11.6 Å². The molecule has 0 aliphatic carbocycles. The van der Waals surface area contributed by atoms with Crippen molar-refractivity contribution in [3.05, 3.63) is 63.4 Å². The van der Waals surface area contributed by atoms with Crippen LogP contribution in [0.3, 0.4) is 0 Å². The zero-order chi connectivity index (χ0) is 25.5. The Morgan fingerprint density at radius 1 is 1.09 bits per heavy atom. The summed E-state index contributed by atoms with van der Waals surface area (Å²) in [5.74, 6) is -3.55. The molecule has 1 fully saturated rings. The fourth-order valence-corrected chi connectivity index (χ4v) is 4.26. The van der Waals surface area contributed by atoms with Crippen molar-refractivity contribution in [2.24, 2.45) is 7.05 Å². The number of carbonyl (C=O) groups is 1. The first-order valence-corrected chi connectivity index (χ1v) is 10.8. The highest BCUT2D eigenvalue weighted by atomic mass is 19.4. The van der Waals surface area contributed by atoms with Crippen LogP contribution in [0.4, 0.5) is 33.6 Å². The summed E-state index contributed by atoms with van der Waals surface area (Å²) in [6.07, 6.45) is -2.45. The van der Waals surface area contributed by atoms with Crippen LogP contribution in [0.15, 0.2) is 35.1 Å². The molecule has 0 spiro atoms. The van der Waals surface area contributed by atoms with Crippen LogP contribution in [0.1, 0.15) is 41.2 Å². The molecule has 0 bridgehead atoms. The van der Waals surface area contributed by atoms with Crippen LogP contribution in [0.25, 0.3) is 10.9 Å². The maximum atomic E-state index is 14.5. The Morgan fingerprint density at radius 2 is 1.77 bits per heavy atom. The summed E-state index contributed by atoms with van der Waals surface area (Å²) >= 11 is 0. The van der Waals surface area contributed by atoms with Gasteiger partial charge in [-0.1, -0.05) is 0 Å². The molecule has 4 rings (SSSR count). The third-order valence-electron chi connectivity index (χ3n) is 5.94. The molecule has 1 aliphatic heterocycles. The number of hydrogen-bond donors (Lipinski definition) is 2. The van der Waals surface area contributed by atoms with Crippen LogP contribution < -0.4 is 15.8 Å². The van der Waals surface area contributed by atoms with Gasteiger partial charge in [-0.25, -0.2) is 18.6 Å². The summed E-state index contributed by atoms with van der Waals surface area (Å²) in [6.45, 7) is 1.11. The number of anilines is 2. The van der Waals surface area contributed by atoms with Crippen LogP contribution >= 0.6 is 0 Å². The first kappa shape index (κ1) is 24.4. The van der Waals surface area contributed by atoms with Gasteiger partial charge in [0.2, 0.25) is 5.95 Å². The molecule has 12 heteroatoms. The number of benzene rings is 2. The summed E-state index contributed by atoms with van der Waals surface area (Å²) in [6, 6.07) is 1.02. The minimum Gasteiger partial charge on any atom is -0.478 e. The number of aromatic nitrogens is 2. The molecule has 0 amide bonds. The summed E-state index contributed by atoms with van der Waals surface area (Å²) in [7, 11) is 1.42. The average molecular weight is 496 g/mol. The van der Waals surface area contributed by atoms with Crippen molar-refractivity contribution in [2.75, 3.05) is 23.3 Å². The highest BCUT2D eigenvalue weighted by Gasteiger charge is 2.43. The van der Waals surface area contributed by atoms with E-state index >= 15 is 0 Å². The third-order valence-corrected chi connectivity index (χ3v) is 5.94. The molecule has 1 aliphatic rings. The van der Waals surface area contributed by atoms with E-state index in [1.165, 1.54) is 11.6 Å². The number of aromatic carboxylic acids is 1. The predicted molar refractivity (Wildman–Crippen MR) is 119 cm³/mol. The molecule has 1 aromatic heterocycles. The minimum absolute atomic E-state index is 0.156. The molecule has 186 valence electrons. The van der Waals surface area contributed by atoms with Crippen molar-refractivity contribution in [3.8, 4) is 0 Å². The normalized spacial score (nSPS) is 15.3. The van der Waals surface area contributed by atoms with Crippen molar-refractivity contribution in [1.82, 2.24) is 9.55 Å². The first-order valence-electron chi connectivity index (χ1n) is 10.8. The smallest absolute Gasteiger partial charge is 0.412 e. The molecule has 3 aromatic rings. The van der Waals surface area contributed by atoms with Crippen molar-refractivity contribution in [1.29, 1.82) is 0 Å². The van der Waals surface area contributed by atoms with Gasteiger partial charge in [-0.05, 0) is 49.6 Å². The fourth-order valence-electron chi connectivity index (χ4n) is 4.26. The number of nitrogens with zero attached hydrogens (tertiary/aromatic N) is 3. The van der Waals surface area contributed by atoms with Gasteiger partial charge in [0.1, 0.15) is 11.6 Å². The Labute approximate surface area is 195 Å². The largest absolute Gasteiger partial charge is 0.478 e. The Balaban J connectivity index is 1.94. The molecule has 1 atom stereocenters. The summed E-state index contributed by atoms with van der Waals surface area (Å²) in [4.78, 5) is 30.7. The number of alkyl halides is 3. The van der Waals surface area contributed by atoms with E-state index < -0.39 is 52.2 Å². The number of piperidine rings is 1. The Morgan fingerprint density at radius 3 is 2.40 bits per heavy atom. The molecule has 1 saturated heterocycles. The summed E-state index contributed by atoms with van der Waals surface area (Å²) in [5.41, 5.74) is -3.03. The lowest BCUT2D eigenvalue weighted by Gasteiger charge is -2.30. The highest BCUT2D eigenvalue weighted by molar-refractivity contribution is 5.94. The number of carboxylic acid groups (broad SMARTS) is 1. The van der Waals surface area contributed by atoms with Gasteiger partial charge in [0, 0.05) is 31.4 Å². The predicted octanol–water partition coefficient (Wildman–Crippen LogP) is 4.62. The van der Waals surface area contributed by atoms with Gasteiger partial charge in [-0.15, -0.1) is 0 Å². The molecule has 35 heavy (non-hydrogen) atoms. The zero-order valence-electron chi connectivity index (χ0n) is 18.5. The quantitative estimate of drug-likeness (QED) is 0.502. The number of halogens is 5. The zero-order valence-corrected chi connectivity index (χ0v) is 18.5. The van der Waals surface area contributed by atoms with Gasteiger partial charge in [0.05, 0.1) is 16.5 Å². The lowest BCUT2D eigenvalue weighted by atomic mass is 10.0. The highest BCUT2D eigenvalue weighted by Crippen LogP contribution is 2.39. The number of rotatable bonds is 5. The van der Waals surface area contributed by atoms with Gasteiger partial charge in [0.25, 0.3) is 5.56 Å². The summed E-state index contributed by atoms with van der Waals surface area (Å²) in [5, 5.41) is 11.0. The number of nitrogens with one attached hydrogen (secondary N) is 1. The van der Waals surface area contributed by atoms with E-state index in [2.05, 4.69) is 10.3 Å². The van der Waals surface area contributed by atoms with Gasteiger partial charge >= 0.3 is 12.1 Å². The topological polar surface area (TPSA) is 87.5 Å². The Kier molecular flexibility index (Phi) is 6.39. The second-order valence-corrected chi connectivity index (χ2v) is 8.33. The van der Waals surface area contributed by atoms with Crippen LogP contribution in [-0.2, 0) is 7.05 Å². The van der Waals surface area contributed by atoms with E-state index in [1.54, 1.807) is 4.90 Å². The SMILES string of the molecule is Cn1c(N2CCCCC2)nc2c(C(Nc3ccc(F)cc3C(=O)O)C(F)(F)F)cc(F)cc2c1=O. The van der Waals surface area contributed by atoms with E-state index in [0.717, 1.165) is 37.5 Å². The molecular formula is C23H21F5N4O3. The minimum atomic E-state index is -5.06. The van der Waals surface area contributed by atoms with Gasteiger partial charge in [-0.3, -0.25) is 9.36 Å². The average Bonchev–Trinajstić information content (AvgIpc) is 2.80. The standard InChI is InChI=1S/C23H21F5N4O3/c1-31-20(33)16-11-13(25)10-15(18(16)30-22(31)32-7-3-2-4-8-32)19(23(26,27)28)29-17-6-5-12(24)9-14(17)21(34)35/h5-6,9-11,19,29H,2-4,7-8H2,1H3,(H,34,35). The van der Waals surface area contributed by atoms with E-state index in [4.69, 9.17) is 0 Å². The Bertz CT molecular complexity index is 1350. The molecule has 0 radical (unpaired) electrons. The van der Waals surface area contributed by atoms with E-state index in [1.807, 2.05) is 0 Å². The van der Waals surface area contributed by atoms with Crippen LogP contribution in [0.5, 0.6) is 0 Å². The molecular weight excluding hydrogens is 475 g/mol. The maximum Gasteiger partial charge on any atom is 0.412 e. The number of fused-ring (bicyclic) bond motifs is 1. The monoisotopic (exact) mass is 496 g/mol. The second-order valence-electron chi connectivity index (χ2n) is 8.33. The lowest BCUT2D eigenvalue weighted by molar-refractivity contribution is -0.143.